The van der Waals surface area contributed by atoms with Crippen LogP contribution in [0.25, 0.3) is 0 Å². The maximum Gasteiger partial charge on any atom is 0.243 e. The highest BCUT2D eigenvalue weighted by molar-refractivity contribution is 5.90. The van der Waals surface area contributed by atoms with Gasteiger partial charge in [-0.1, -0.05) is 42.5 Å². The van der Waals surface area contributed by atoms with E-state index < -0.39 is 11.5 Å². The highest BCUT2D eigenvalue weighted by Crippen LogP contribution is 2.36. The summed E-state index contributed by atoms with van der Waals surface area (Å²) in [6, 6.07) is 9.70. The van der Waals surface area contributed by atoms with Gasteiger partial charge in [0.15, 0.2) is 0 Å². The molecule has 0 aliphatic carbocycles. The maximum atomic E-state index is 13.8. The van der Waals surface area contributed by atoms with Crippen LogP contribution in [0.3, 0.4) is 0 Å². The molecule has 42 heavy (non-hydrogen) atoms. The molecule has 1 spiro atoms. The van der Waals surface area contributed by atoms with Crippen LogP contribution in [0.15, 0.2) is 42.5 Å². The smallest absolute Gasteiger partial charge is 0.243 e. The molecular formula is C33H49N5O4. The highest BCUT2D eigenvalue weighted by atomic mass is 16.5. The fourth-order valence-corrected chi connectivity index (χ4v) is 6.94. The Morgan fingerprint density at radius 1 is 1.00 bits per heavy atom. The Kier molecular flexibility index (Phi) is 10.3. The van der Waals surface area contributed by atoms with Crippen molar-refractivity contribution in [2.24, 2.45) is 11.3 Å². The second kappa shape index (κ2) is 14.1. The van der Waals surface area contributed by atoms with Gasteiger partial charge in [0, 0.05) is 76.9 Å². The minimum absolute atomic E-state index is 0.0487. The largest absolute Gasteiger partial charge is 0.381 e. The molecule has 3 saturated heterocycles. The summed E-state index contributed by atoms with van der Waals surface area (Å²) in [5.74, 6) is 0.108. The van der Waals surface area contributed by atoms with Crippen LogP contribution in [0.1, 0.15) is 51.5 Å². The average molecular weight is 580 g/mol. The number of piperidine rings is 1. The Morgan fingerprint density at radius 2 is 1.74 bits per heavy atom. The van der Waals surface area contributed by atoms with E-state index in [1.165, 1.54) is 0 Å². The first-order valence-corrected chi connectivity index (χ1v) is 16.0. The zero-order valence-corrected chi connectivity index (χ0v) is 25.4. The molecule has 4 heterocycles. The molecule has 0 bridgehead atoms. The Balaban J connectivity index is 1.29. The highest BCUT2D eigenvalue weighted by Gasteiger charge is 2.42. The predicted molar refractivity (Wildman–Crippen MR) is 163 cm³/mol. The summed E-state index contributed by atoms with van der Waals surface area (Å²) in [4.78, 5) is 47.7. The Morgan fingerprint density at radius 3 is 2.45 bits per heavy atom. The molecule has 3 atom stereocenters. The topological polar surface area (TPSA) is 94.2 Å². The zero-order valence-electron chi connectivity index (χ0n) is 25.4. The number of amides is 3. The maximum absolute atomic E-state index is 13.8. The summed E-state index contributed by atoms with van der Waals surface area (Å²) in [5.41, 5.74) is 0.439. The van der Waals surface area contributed by atoms with Crippen molar-refractivity contribution in [1.82, 2.24) is 25.3 Å². The molecule has 4 aliphatic heterocycles. The number of benzene rings is 1. The third-order valence-corrected chi connectivity index (χ3v) is 9.86. The number of ether oxygens (including phenoxy) is 1. The monoisotopic (exact) mass is 579 g/mol. The van der Waals surface area contributed by atoms with Gasteiger partial charge in [-0.2, -0.15) is 0 Å². The van der Waals surface area contributed by atoms with E-state index in [4.69, 9.17) is 4.74 Å². The van der Waals surface area contributed by atoms with Gasteiger partial charge in [-0.3, -0.25) is 24.2 Å². The fourth-order valence-electron chi connectivity index (χ4n) is 6.94. The number of fused-ring (bicyclic) bond motifs is 1. The predicted octanol–water partition coefficient (Wildman–Crippen LogP) is 2.22. The molecule has 1 aromatic carbocycles. The first-order valence-electron chi connectivity index (χ1n) is 16.0. The number of hydrogen-bond donors (Lipinski definition) is 2. The van der Waals surface area contributed by atoms with Crippen molar-refractivity contribution < 1.29 is 19.1 Å². The first kappa shape index (κ1) is 30.7. The van der Waals surface area contributed by atoms with Crippen LogP contribution >= 0.6 is 0 Å². The van der Waals surface area contributed by atoms with Gasteiger partial charge in [0.1, 0.15) is 6.04 Å². The van der Waals surface area contributed by atoms with Crippen molar-refractivity contribution in [3.63, 3.8) is 0 Å². The van der Waals surface area contributed by atoms with Gasteiger partial charge in [-0.25, -0.2) is 0 Å². The molecule has 230 valence electrons. The Hall–Kier alpha value is -2.75. The summed E-state index contributed by atoms with van der Waals surface area (Å²) in [6.45, 7) is 11.1. The third kappa shape index (κ3) is 7.60. The number of rotatable bonds is 5. The van der Waals surface area contributed by atoms with Crippen molar-refractivity contribution >= 4 is 17.7 Å². The molecule has 0 saturated carbocycles. The van der Waals surface area contributed by atoms with Crippen LogP contribution in [0.5, 0.6) is 0 Å². The van der Waals surface area contributed by atoms with Crippen LogP contribution in [-0.2, 0) is 25.5 Å². The fraction of sp³-hybridized carbons (Fsp3) is 0.667. The van der Waals surface area contributed by atoms with Crippen molar-refractivity contribution in [2.75, 3.05) is 59.0 Å². The van der Waals surface area contributed by atoms with E-state index in [2.05, 4.69) is 46.4 Å². The standard InChI is InChI=1S/C33H49N5O4/c1-25(2)37-18-16-36(17-19-37)24-30(39)38-15-11-28-27(23-38)10-6-7-12-33(13-20-42-21-14-33)32(41)35-29(31(40)34-28)22-26-8-4-3-5-9-26/h3-9,25,27-29H,10-24H2,1-2H3,(H,34,40)(H,35,41)/b7-6+/t27-,28+,29-/m1/s1. The van der Waals surface area contributed by atoms with Crippen LogP contribution in [0.4, 0.5) is 0 Å². The molecule has 0 aromatic heterocycles. The molecule has 0 radical (unpaired) electrons. The lowest BCUT2D eigenvalue weighted by Gasteiger charge is -2.41. The normalized spacial score (nSPS) is 28.7. The average Bonchev–Trinajstić information content (AvgIpc) is 3.00. The minimum Gasteiger partial charge on any atom is -0.381 e. The van der Waals surface area contributed by atoms with Gasteiger partial charge in [-0.15, -0.1) is 0 Å². The lowest BCUT2D eigenvalue weighted by molar-refractivity contribution is -0.140. The van der Waals surface area contributed by atoms with Crippen molar-refractivity contribution in [2.45, 2.75) is 70.5 Å². The van der Waals surface area contributed by atoms with E-state index in [9.17, 15) is 14.4 Å². The summed E-state index contributed by atoms with van der Waals surface area (Å²) in [5, 5.41) is 6.47. The molecule has 2 N–H and O–H groups in total. The van der Waals surface area contributed by atoms with Crippen LogP contribution in [-0.4, -0.2) is 110 Å². The molecule has 3 amide bonds. The van der Waals surface area contributed by atoms with E-state index in [0.29, 0.717) is 71.0 Å². The molecule has 0 unspecified atom stereocenters. The van der Waals surface area contributed by atoms with Gasteiger partial charge in [0.2, 0.25) is 17.7 Å². The van der Waals surface area contributed by atoms with Gasteiger partial charge in [0.05, 0.1) is 12.0 Å². The number of carbonyl (C=O) groups excluding carboxylic acids is 3. The van der Waals surface area contributed by atoms with Crippen molar-refractivity contribution in [3.8, 4) is 0 Å². The summed E-state index contributed by atoms with van der Waals surface area (Å²) >= 11 is 0. The van der Waals surface area contributed by atoms with Gasteiger partial charge >= 0.3 is 0 Å². The zero-order chi connectivity index (χ0) is 29.5. The summed E-state index contributed by atoms with van der Waals surface area (Å²) in [7, 11) is 0. The minimum atomic E-state index is -0.659. The summed E-state index contributed by atoms with van der Waals surface area (Å²) < 4.78 is 5.61. The lowest BCUT2D eigenvalue weighted by atomic mass is 9.75. The number of carbonyl (C=O) groups is 3. The molecular weight excluding hydrogens is 530 g/mol. The number of likely N-dealkylation sites (tertiary alicyclic amines) is 1. The quantitative estimate of drug-likeness (QED) is 0.520. The molecule has 4 aliphatic rings. The molecule has 3 fully saturated rings. The SMILES string of the molecule is CC(C)N1CCN(CC(=O)N2CC[C@@H]3NC(=O)[C@@H](Cc4ccccc4)NC(=O)C4(C/C=C/C[C@@H]3C2)CCOCC4)CC1. The van der Waals surface area contributed by atoms with Crippen LogP contribution < -0.4 is 10.6 Å². The second-order valence-electron chi connectivity index (χ2n) is 12.9. The number of piperazine rings is 1. The van der Waals surface area contributed by atoms with Crippen LogP contribution in [0, 0.1) is 11.3 Å². The number of hydrogen-bond acceptors (Lipinski definition) is 6. The van der Waals surface area contributed by atoms with Gasteiger partial charge < -0.3 is 20.3 Å². The molecule has 5 rings (SSSR count). The molecule has 9 nitrogen and oxygen atoms in total. The molecule has 9 heteroatoms. The lowest BCUT2D eigenvalue weighted by Crippen LogP contribution is -2.59. The Bertz CT molecular complexity index is 1090. The Labute approximate surface area is 251 Å². The number of nitrogens with one attached hydrogen (secondary N) is 2. The van der Waals surface area contributed by atoms with E-state index in [1.54, 1.807) is 0 Å². The van der Waals surface area contributed by atoms with Gasteiger partial charge in [-0.05, 0) is 51.5 Å². The van der Waals surface area contributed by atoms with Crippen LogP contribution in [0.2, 0.25) is 0 Å². The van der Waals surface area contributed by atoms with E-state index in [1.807, 2.05) is 35.2 Å². The number of allylic oxidation sites excluding steroid dienone is 2. The molecule has 1 aromatic rings. The third-order valence-electron chi connectivity index (χ3n) is 9.86. The van der Waals surface area contributed by atoms with Crippen molar-refractivity contribution in [3.05, 3.63) is 48.0 Å². The van der Waals surface area contributed by atoms with E-state index >= 15 is 0 Å². The van der Waals surface area contributed by atoms with E-state index in [0.717, 1.165) is 38.2 Å². The summed E-state index contributed by atoms with van der Waals surface area (Å²) in [6.07, 6.45) is 8.13. The van der Waals surface area contributed by atoms with Crippen molar-refractivity contribution in [1.29, 1.82) is 0 Å². The van der Waals surface area contributed by atoms with Gasteiger partial charge in [0.25, 0.3) is 0 Å². The number of nitrogens with zero attached hydrogens (tertiary/aromatic N) is 3. The first-order chi connectivity index (χ1) is 20.3. The second-order valence-corrected chi connectivity index (χ2v) is 12.9. The van der Waals surface area contributed by atoms with E-state index in [-0.39, 0.29) is 29.7 Å².